The number of carbonyl (C=O) groups excluding carboxylic acids is 4. The van der Waals surface area contributed by atoms with E-state index in [9.17, 15) is 19.2 Å². The van der Waals surface area contributed by atoms with Crippen LogP contribution in [0.3, 0.4) is 0 Å². The predicted molar refractivity (Wildman–Crippen MR) is 167 cm³/mol. The Morgan fingerprint density at radius 1 is 0.787 bits per heavy atom. The Balaban J connectivity index is 0.00000139. The molecule has 5 heterocycles. The Bertz CT molecular complexity index is 1720. The lowest BCUT2D eigenvalue weighted by molar-refractivity contribution is -0.178. The number of aliphatic hydroxyl groups is 1. The summed E-state index contributed by atoms with van der Waals surface area (Å²) in [6.07, 6.45) is 6.53. The number of rotatable bonds is 4. The molecule has 13 heteroatoms. The summed E-state index contributed by atoms with van der Waals surface area (Å²) in [5.41, 5.74) is -0.994. The molecule has 0 radical (unpaired) electrons. The third kappa shape index (κ3) is 5.58. The highest BCUT2D eigenvalue weighted by Gasteiger charge is 2.82. The second-order valence-electron chi connectivity index (χ2n) is 10.3. The first-order valence-electron chi connectivity index (χ1n) is 14.9. The van der Waals surface area contributed by atoms with Gasteiger partial charge in [-0.05, 0) is 68.3 Å². The largest absolute Gasteiger partial charge is 0.463 e. The summed E-state index contributed by atoms with van der Waals surface area (Å²) in [4.78, 5) is 65.5. The van der Waals surface area contributed by atoms with Crippen molar-refractivity contribution >= 4 is 24.0 Å². The molecule has 0 spiro atoms. The quantitative estimate of drug-likeness (QED) is 0.287. The van der Waals surface area contributed by atoms with Crippen molar-refractivity contribution in [3.05, 3.63) is 94.6 Å². The Labute approximate surface area is 271 Å². The maximum Gasteiger partial charge on any atom is 0.358 e. The monoisotopic (exact) mass is 636 g/mol. The zero-order valence-electron chi connectivity index (χ0n) is 26.0. The van der Waals surface area contributed by atoms with Gasteiger partial charge in [0.25, 0.3) is 11.3 Å². The molecule has 1 aromatic carbocycles. The first-order valence-corrected chi connectivity index (χ1v) is 14.9. The van der Waals surface area contributed by atoms with Gasteiger partial charge in [-0.3, -0.25) is 19.8 Å². The molecular formula is C34H32N6O7. The molecule has 47 heavy (non-hydrogen) atoms. The maximum absolute atomic E-state index is 14.0. The zero-order chi connectivity index (χ0) is 33.6. The lowest BCUT2D eigenvalue weighted by Gasteiger charge is -2.40. The summed E-state index contributed by atoms with van der Waals surface area (Å²) in [7, 11) is 0. The van der Waals surface area contributed by atoms with Gasteiger partial charge >= 0.3 is 24.0 Å². The van der Waals surface area contributed by atoms with Crippen LogP contribution in [0.2, 0.25) is 0 Å². The van der Waals surface area contributed by atoms with Crippen LogP contribution < -0.4 is 10.6 Å². The van der Waals surface area contributed by atoms with Crippen molar-refractivity contribution in [2.45, 2.75) is 45.2 Å². The molecule has 6 rings (SSSR count). The number of nitrogens with one attached hydrogen (secondary N) is 2. The van der Waals surface area contributed by atoms with Crippen molar-refractivity contribution < 1.29 is 33.8 Å². The van der Waals surface area contributed by atoms with Crippen LogP contribution in [0.15, 0.2) is 61.2 Å². The number of aliphatic hydroxyl groups excluding tert-OH is 1. The lowest BCUT2D eigenvalue weighted by atomic mass is 9.93. The number of urea groups is 2. The minimum absolute atomic E-state index is 0.0619. The van der Waals surface area contributed by atoms with Crippen molar-refractivity contribution in [2.75, 3.05) is 19.8 Å². The molecule has 2 aromatic heterocycles. The van der Waals surface area contributed by atoms with Gasteiger partial charge in [-0.25, -0.2) is 19.2 Å². The third-order valence-corrected chi connectivity index (χ3v) is 7.59. The Hall–Kier alpha value is -5.92. The maximum atomic E-state index is 14.0. The fourth-order valence-corrected chi connectivity index (χ4v) is 5.72. The van der Waals surface area contributed by atoms with Crippen LogP contribution in [0.4, 0.5) is 9.59 Å². The average Bonchev–Trinajstić information content (AvgIpc) is 3.36. The number of nitrogens with zero attached hydrogens (tertiary/aromatic N) is 4. The van der Waals surface area contributed by atoms with Crippen LogP contribution in [-0.4, -0.2) is 80.0 Å². The van der Waals surface area contributed by atoms with Crippen molar-refractivity contribution in [1.82, 2.24) is 30.4 Å². The van der Waals surface area contributed by atoms with E-state index in [1.165, 1.54) is 0 Å². The SMILES string of the molecule is CCO.CCOC(=O)C12NC(=O)N3Cc4c(C#Cc5cccnc5)ccc(C#Cc5cccnc5)c4CN(C(=O)N1)C32C(=O)OCC. The first-order chi connectivity index (χ1) is 22.8. The molecule has 2 fully saturated rings. The fourth-order valence-electron chi connectivity index (χ4n) is 5.72. The van der Waals surface area contributed by atoms with Gasteiger partial charge in [0.2, 0.25) is 0 Å². The van der Waals surface area contributed by atoms with Gasteiger partial charge < -0.3 is 25.2 Å². The lowest BCUT2D eigenvalue weighted by Crippen LogP contribution is -2.74. The molecular weight excluding hydrogens is 604 g/mol. The number of amides is 4. The van der Waals surface area contributed by atoms with Gasteiger partial charge in [0, 0.05) is 53.6 Å². The number of aromatic nitrogens is 2. The molecule has 2 saturated heterocycles. The highest BCUT2D eigenvalue weighted by molar-refractivity contribution is 6.09. The van der Waals surface area contributed by atoms with Crippen LogP contribution in [0, 0.1) is 23.7 Å². The number of ether oxygens (including phenoxy) is 2. The van der Waals surface area contributed by atoms with Gasteiger partial charge in [0.15, 0.2) is 0 Å². The van der Waals surface area contributed by atoms with Gasteiger partial charge in [0.05, 0.1) is 26.3 Å². The highest BCUT2D eigenvalue weighted by Crippen LogP contribution is 2.47. The standard InChI is InChI=1S/C32H26N6O6.C2H6O/c1-3-43-27(39)31-32(28(40)44-4-2)37(29(41)35-31)19-25-23(11-9-21-7-5-15-33-17-21)13-14-24(12-10-22-8-6-16-34-18-22)26(25)20-38(32)30(42)36-31;1-2-3/h5-8,13-18H,3-4,19-20H2,1-2H3,(H,35,41)(H,36,42);3H,2H2,1H3. The van der Waals surface area contributed by atoms with E-state index in [0.717, 1.165) is 9.80 Å². The van der Waals surface area contributed by atoms with Crippen LogP contribution in [0.1, 0.15) is 54.2 Å². The van der Waals surface area contributed by atoms with Crippen LogP contribution in [-0.2, 0) is 32.2 Å². The smallest absolute Gasteiger partial charge is 0.358 e. The van der Waals surface area contributed by atoms with E-state index in [2.05, 4.69) is 44.3 Å². The van der Waals surface area contributed by atoms with Crippen molar-refractivity contribution in [1.29, 1.82) is 0 Å². The highest BCUT2D eigenvalue weighted by atomic mass is 16.5. The number of fused-ring (bicyclic) bond motifs is 1. The molecule has 4 amide bonds. The number of hydrogen-bond donors (Lipinski definition) is 3. The van der Waals surface area contributed by atoms with E-state index in [1.807, 2.05) is 12.1 Å². The van der Waals surface area contributed by atoms with Crippen LogP contribution >= 0.6 is 0 Å². The minimum Gasteiger partial charge on any atom is -0.463 e. The van der Waals surface area contributed by atoms with Crippen molar-refractivity contribution in [3.8, 4) is 23.7 Å². The average molecular weight is 637 g/mol. The van der Waals surface area contributed by atoms with Crippen molar-refractivity contribution in [3.63, 3.8) is 0 Å². The normalized spacial score (nSPS) is 19.9. The Morgan fingerprint density at radius 2 is 1.23 bits per heavy atom. The van der Waals surface area contributed by atoms with Crippen LogP contribution in [0.5, 0.6) is 0 Å². The van der Waals surface area contributed by atoms with E-state index >= 15 is 0 Å². The number of hydrogen-bond acceptors (Lipinski definition) is 9. The van der Waals surface area contributed by atoms with E-state index < -0.39 is 35.3 Å². The summed E-state index contributed by atoms with van der Waals surface area (Å²) in [5.74, 6) is 10.5. The summed E-state index contributed by atoms with van der Waals surface area (Å²) in [6, 6.07) is 9.14. The molecule has 3 aliphatic heterocycles. The van der Waals surface area contributed by atoms with Gasteiger partial charge in [0.1, 0.15) is 0 Å². The topological polar surface area (TPSA) is 163 Å². The summed E-state index contributed by atoms with van der Waals surface area (Å²) in [5, 5.41) is 12.7. The molecule has 0 saturated carbocycles. The van der Waals surface area contributed by atoms with Gasteiger partial charge in [-0.15, -0.1) is 0 Å². The van der Waals surface area contributed by atoms with E-state index in [4.69, 9.17) is 14.6 Å². The molecule has 3 aliphatic rings. The number of carbonyl (C=O) groups is 4. The molecule has 3 N–H and O–H groups in total. The summed E-state index contributed by atoms with van der Waals surface area (Å²) >= 11 is 0. The second-order valence-corrected chi connectivity index (χ2v) is 10.3. The van der Waals surface area contributed by atoms with Crippen molar-refractivity contribution in [2.24, 2.45) is 0 Å². The zero-order valence-corrected chi connectivity index (χ0v) is 26.0. The number of benzene rings is 1. The molecule has 3 aromatic rings. The molecule has 0 aliphatic carbocycles. The minimum atomic E-state index is -2.27. The van der Waals surface area contributed by atoms with E-state index in [1.54, 1.807) is 69.8 Å². The fraction of sp³-hybridized carbons (Fsp3) is 0.294. The van der Waals surface area contributed by atoms with Gasteiger partial charge in [-0.1, -0.05) is 23.7 Å². The summed E-state index contributed by atoms with van der Waals surface area (Å²) < 4.78 is 10.8. The Kier molecular flexibility index (Phi) is 9.40. The second kappa shape index (κ2) is 13.6. The van der Waals surface area contributed by atoms with E-state index in [-0.39, 0.29) is 32.9 Å². The summed E-state index contributed by atoms with van der Waals surface area (Å²) in [6.45, 7) is 4.57. The predicted octanol–water partition coefficient (Wildman–Crippen LogP) is 1.86. The number of esters is 2. The molecule has 0 atom stereocenters. The Morgan fingerprint density at radius 3 is 1.64 bits per heavy atom. The molecule has 0 unspecified atom stereocenters. The number of pyridine rings is 2. The molecule has 13 nitrogen and oxygen atoms in total. The third-order valence-electron chi connectivity index (χ3n) is 7.59. The van der Waals surface area contributed by atoms with Gasteiger partial charge in [-0.2, -0.15) is 0 Å². The molecule has 0 bridgehead atoms. The van der Waals surface area contributed by atoms with E-state index in [0.29, 0.717) is 33.4 Å². The van der Waals surface area contributed by atoms with Crippen LogP contribution in [0.25, 0.3) is 0 Å². The molecule has 240 valence electrons. The first kappa shape index (κ1) is 32.5.